The molecule has 1 unspecified atom stereocenters. The van der Waals surface area contributed by atoms with Gasteiger partial charge in [0.05, 0.1) is 17.8 Å². The molecule has 4 heterocycles. The number of carbonyl (C=O) groups is 2. The molecule has 3 aromatic heterocycles. The van der Waals surface area contributed by atoms with Crippen molar-refractivity contribution in [3.8, 4) is 16.9 Å². The Morgan fingerprint density at radius 1 is 1.17 bits per heavy atom. The first-order chi connectivity index (χ1) is 16.7. The minimum atomic E-state index is -0.529. The number of carbonyl (C=O) groups excluding carboxylic acids is 2. The van der Waals surface area contributed by atoms with Crippen molar-refractivity contribution in [2.45, 2.75) is 58.6 Å². The number of amides is 2. The summed E-state index contributed by atoms with van der Waals surface area (Å²) in [5.41, 5.74) is 3.07. The third-order valence-corrected chi connectivity index (χ3v) is 6.18. The molecule has 0 aromatic carbocycles. The second-order valence-electron chi connectivity index (χ2n) is 10.3. The Bertz CT molecular complexity index is 1270. The highest BCUT2D eigenvalue weighted by atomic mass is 16.6. The SMILES string of the molecule is Cc1cc(-c2ccn3nc(NC(=O)C4CC4)cc3c2)c(OCC2CCN2C(=O)OC(C)(C)C)cn1. The Labute approximate surface area is 204 Å². The van der Waals surface area contributed by atoms with Gasteiger partial charge in [-0.3, -0.25) is 9.78 Å². The van der Waals surface area contributed by atoms with Crippen molar-refractivity contribution >= 4 is 23.3 Å². The van der Waals surface area contributed by atoms with Crippen molar-refractivity contribution < 1.29 is 19.1 Å². The van der Waals surface area contributed by atoms with Gasteiger partial charge in [-0.25, -0.2) is 9.31 Å². The molecule has 1 saturated heterocycles. The molecule has 1 aliphatic heterocycles. The highest BCUT2D eigenvalue weighted by Gasteiger charge is 2.36. The van der Waals surface area contributed by atoms with Crippen LogP contribution in [0, 0.1) is 12.8 Å². The maximum atomic E-state index is 12.4. The number of nitrogens with one attached hydrogen (secondary N) is 1. The van der Waals surface area contributed by atoms with Gasteiger partial charge >= 0.3 is 6.09 Å². The van der Waals surface area contributed by atoms with Crippen molar-refractivity contribution in [1.82, 2.24) is 19.5 Å². The zero-order valence-electron chi connectivity index (χ0n) is 20.6. The third kappa shape index (κ3) is 5.23. The number of nitrogens with zero attached hydrogens (tertiary/aromatic N) is 4. The molecule has 2 aliphatic rings. The van der Waals surface area contributed by atoms with E-state index in [4.69, 9.17) is 9.47 Å². The summed E-state index contributed by atoms with van der Waals surface area (Å²) < 4.78 is 13.4. The van der Waals surface area contributed by atoms with Crippen LogP contribution >= 0.6 is 0 Å². The fraction of sp³-hybridized carbons (Fsp3) is 0.462. The topological polar surface area (TPSA) is 98.1 Å². The summed E-state index contributed by atoms with van der Waals surface area (Å²) >= 11 is 0. The standard InChI is InChI=1S/C26H31N5O4/c1-16-11-21(18-7-10-31-20(12-18)13-23(29-31)28-24(32)17-5-6-17)22(14-27-16)34-15-19-8-9-30(19)25(33)35-26(2,3)4/h7,10-14,17,19H,5-6,8-9,15H2,1-4H3,(H,28,29,32). The minimum Gasteiger partial charge on any atom is -0.489 e. The maximum Gasteiger partial charge on any atom is 0.410 e. The first kappa shape index (κ1) is 23.1. The van der Waals surface area contributed by atoms with Crippen molar-refractivity contribution in [3.63, 3.8) is 0 Å². The van der Waals surface area contributed by atoms with Gasteiger partial charge in [0.25, 0.3) is 0 Å². The molecule has 9 heteroatoms. The van der Waals surface area contributed by atoms with Gasteiger partial charge in [-0.1, -0.05) is 0 Å². The number of hydrogen-bond acceptors (Lipinski definition) is 6. The first-order valence-corrected chi connectivity index (χ1v) is 12.1. The van der Waals surface area contributed by atoms with Gasteiger partial charge in [-0.05, 0) is 70.7 Å². The predicted molar refractivity (Wildman–Crippen MR) is 131 cm³/mol. The van der Waals surface area contributed by atoms with Crippen LogP contribution in [0.2, 0.25) is 0 Å². The quantitative estimate of drug-likeness (QED) is 0.564. The molecule has 3 aromatic rings. The molecule has 0 radical (unpaired) electrons. The Morgan fingerprint density at radius 3 is 2.66 bits per heavy atom. The Kier molecular flexibility index (Phi) is 5.86. The van der Waals surface area contributed by atoms with Crippen LogP contribution < -0.4 is 10.1 Å². The maximum absolute atomic E-state index is 12.4. The van der Waals surface area contributed by atoms with Gasteiger partial charge in [0.15, 0.2) is 5.82 Å². The number of rotatable bonds is 6. The lowest BCUT2D eigenvalue weighted by Crippen LogP contribution is -2.55. The number of likely N-dealkylation sites (tertiary alicyclic amines) is 1. The number of aromatic nitrogens is 3. The van der Waals surface area contributed by atoms with E-state index < -0.39 is 5.60 Å². The summed E-state index contributed by atoms with van der Waals surface area (Å²) in [5, 5.41) is 7.36. The monoisotopic (exact) mass is 477 g/mol. The van der Waals surface area contributed by atoms with E-state index in [2.05, 4.69) is 15.4 Å². The average Bonchev–Trinajstić information content (AvgIpc) is 3.53. The van der Waals surface area contributed by atoms with Crippen LogP contribution in [0.5, 0.6) is 5.75 Å². The number of pyridine rings is 2. The van der Waals surface area contributed by atoms with E-state index in [0.717, 1.165) is 41.6 Å². The summed E-state index contributed by atoms with van der Waals surface area (Å²) in [7, 11) is 0. The molecule has 1 aliphatic carbocycles. The molecule has 1 saturated carbocycles. The van der Waals surface area contributed by atoms with E-state index in [1.165, 1.54) is 0 Å². The zero-order chi connectivity index (χ0) is 24.7. The molecule has 2 amide bonds. The molecule has 184 valence electrons. The number of aryl methyl sites for hydroxylation is 1. The molecular formula is C26H31N5O4. The summed E-state index contributed by atoms with van der Waals surface area (Å²) in [4.78, 5) is 30.7. The predicted octanol–water partition coefficient (Wildman–Crippen LogP) is 4.44. The Morgan fingerprint density at radius 2 is 1.97 bits per heavy atom. The minimum absolute atomic E-state index is 0.0329. The highest BCUT2D eigenvalue weighted by molar-refractivity contribution is 5.93. The Balaban J connectivity index is 1.32. The molecule has 1 N–H and O–H groups in total. The van der Waals surface area contributed by atoms with Crippen LogP contribution in [0.3, 0.4) is 0 Å². The van der Waals surface area contributed by atoms with E-state index in [9.17, 15) is 9.59 Å². The van der Waals surface area contributed by atoms with Crippen molar-refractivity contribution in [2.75, 3.05) is 18.5 Å². The largest absolute Gasteiger partial charge is 0.489 e. The third-order valence-electron chi connectivity index (χ3n) is 6.18. The number of hydrogen-bond donors (Lipinski definition) is 1. The smallest absolute Gasteiger partial charge is 0.410 e. The molecule has 0 spiro atoms. The number of fused-ring (bicyclic) bond motifs is 1. The first-order valence-electron chi connectivity index (χ1n) is 12.1. The second kappa shape index (κ2) is 8.87. The molecule has 1 atom stereocenters. The summed E-state index contributed by atoms with van der Waals surface area (Å²) in [6.07, 6.45) is 6.05. The lowest BCUT2D eigenvalue weighted by atomic mass is 10.0. The van der Waals surface area contributed by atoms with Crippen LogP contribution in [-0.2, 0) is 9.53 Å². The van der Waals surface area contributed by atoms with Crippen LogP contribution in [-0.4, -0.2) is 56.3 Å². The summed E-state index contributed by atoms with van der Waals surface area (Å²) in [6.45, 7) is 8.56. The highest BCUT2D eigenvalue weighted by Crippen LogP contribution is 2.33. The number of ether oxygens (including phenoxy) is 2. The fourth-order valence-corrected chi connectivity index (χ4v) is 4.05. The van der Waals surface area contributed by atoms with Crippen LogP contribution in [0.25, 0.3) is 16.6 Å². The van der Waals surface area contributed by atoms with Gasteiger partial charge in [0.1, 0.15) is 18.0 Å². The van der Waals surface area contributed by atoms with E-state index in [1.54, 1.807) is 15.6 Å². The molecule has 5 rings (SSSR count). The average molecular weight is 478 g/mol. The van der Waals surface area contributed by atoms with E-state index in [1.807, 2.05) is 58.2 Å². The molecule has 9 nitrogen and oxygen atoms in total. The second-order valence-corrected chi connectivity index (χ2v) is 10.3. The zero-order valence-corrected chi connectivity index (χ0v) is 20.6. The van der Waals surface area contributed by atoms with Gasteiger partial charge in [-0.15, -0.1) is 0 Å². The van der Waals surface area contributed by atoms with Gasteiger partial charge in [0.2, 0.25) is 5.91 Å². The lowest BCUT2D eigenvalue weighted by molar-refractivity contribution is -0.117. The van der Waals surface area contributed by atoms with Gasteiger partial charge < -0.3 is 19.7 Å². The van der Waals surface area contributed by atoms with Crippen LogP contribution in [0.4, 0.5) is 10.6 Å². The normalized spacial score (nSPS) is 17.7. The molecule has 2 fully saturated rings. The van der Waals surface area contributed by atoms with Crippen LogP contribution in [0.1, 0.15) is 45.7 Å². The van der Waals surface area contributed by atoms with Gasteiger partial charge in [-0.2, -0.15) is 5.10 Å². The summed E-state index contributed by atoms with van der Waals surface area (Å²) in [6, 6.07) is 7.79. The number of anilines is 1. The lowest BCUT2D eigenvalue weighted by Gasteiger charge is -2.41. The fourth-order valence-electron chi connectivity index (χ4n) is 4.05. The van der Waals surface area contributed by atoms with E-state index in [-0.39, 0.29) is 24.0 Å². The van der Waals surface area contributed by atoms with Crippen LogP contribution in [0.15, 0.2) is 36.7 Å². The Hall–Kier alpha value is -3.62. The van der Waals surface area contributed by atoms with E-state index in [0.29, 0.717) is 24.7 Å². The van der Waals surface area contributed by atoms with Crippen molar-refractivity contribution in [1.29, 1.82) is 0 Å². The van der Waals surface area contributed by atoms with Crippen molar-refractivity contribution in [3.05, 3.63) is 42.4 Å². The van der Waals surface area contributed by atoms with Gasteiger partial charge in [0, 0.05) is 36.0 Å². The summed E-state index contributed by atoms with van der Waals surface area (Å²) in [5.74, 6) is 1.36. The molecule has 0 bridgehead atoms. The van der Waals surface area contributed by atoms with Crippen molar-refractivity contribution in [2.24, 2.45) is 5.92 Å². The molecular weight excluding hydrogens is 446 g/mol. The molecule has 35 heavy (non-hydrogen) atoms. The van der Waals surface area contributed by atoms with E-state index >= 15 is 0 Å².